The number of ether oxygens (including phenoxy) is 1. The molecule has 6 heteroatoms. The molecule has 0 aliphatic carbocycles. The van der Waals surface area contributed by atoms with Crippen molar-refractivity contribution >= 4 is 11.3 Å². The summed E-state index contributed by atoms with van der Waals surface area (Å²) < 4.78 is 6.08. The predicted octanol–water partition coefficient (Wildman–Crippen LogP) is 2.25. The smallest absolute Gasteiger partial charge is 0.153 e. The van der Waals surface area contributed by atoms with E-state index in [9.17, 15) is 0 Å². The van der Waals surface area contributed by atoms with Crippen LogP contribution in [0.3, 0.4) is 0 Å². The molecule has 2 aromatic heterocycles. The minimum atomic E-state index is 0.295. The lowest BCUT2D eigenvalue weighted by atomic mass is 9.83. The number of hydrogen-bond acceptors (Lipinski definition) is 5. The number of fused-ring (bicyclic) bond motifs is 1. The van der Waals surface area contributed by atoms with Crippen molar-refractivity contribution in [1.82, 2.24) is 20.1 Å². The molecule has 0 bridgehead atoms. The fraction of sp³-hybridized carbons (Fsp3) is 0.625. The summed E-state index contributed by atoms with van der Waals surface area (Å²) in [4.78, 5) is 8.46. The van der Waals surface area contributed by atoms with E-state index < -0.39 is 0 Å². The Balaban J connectivity index is 1.35. The largest absolute Gasteiger partial charge is 0.377 e. The normalized spacial score (nSPS) is 28.9. The highest BCUT2D eigenvalue weighted by atomic mass is 32.1. The summed E-state index contributed by atoms with van der Waals surface area (Å²) in [5, 5.41) is 9.34. The molecule has 2 aliphatic heterocycles. The van der Waals surface area contributed by atoms with Crippen molar-refractivity contribution in [2.24, 2.45) is 11.8 Å². The molecule has 0 spiro atoms. The lowest BCUT2D eigenvalue weighted by molar-refractivity contribution is 0.0835. The first-order valence-corrected chi connectivity index (χ1v) is 8.90. The standard InChI is InChI=1S/C16H22N4OS/c1-11-17-16(19-18-11)7-15-14-4-5-20(8-12(14)10-21-15)9-13-3-2-6-22-13/h2-3,6,12,14-15H,4-5,7-10H2,1H3,(H,17,18,19)/t12-,14-,15-/m1/s1. The van der Waals surface area contributed by atoms with Gasteiger partial charge in [0.15, 0.2) is 5.82 Å². The highest BCUT2D eigenvalue weighted by molar-refractivity contribution is 7.09. The van der Waals surface area contributed by atoms with Crippen molar-refractivity contribution in [3.8, 4) is 0 Å². The van der Waals surface area contributed by atoms with Crippen LogP contribution in [0, 0.1) is 18.8 Å². The van der Waals surface area contributed by atoms with Gasteiger partial charge in [-0.25, -0.2) is 4.98 Å². The average molecular weight is 318 g/mol. The van der Waals surface area contributed by atoms with Crippen LogP contribution in [0.1, 0.15) is 22.9 Å². The maximum Gasteiger partial charge on any atom is 0.153 e. The van der Waals surface area contributed by atoms with Crippen LogP contribution in [0.4, 0.5) is 0 Å². The van der Waals surface area contributed by atoms with E-state index in [-0.39, 0.29) is 0 Å². The zero-order valence-corrected chi connectivity index (χ0v) is 13.7. The van der Waals surface area contributed by atoms with Gasteiger partial charge in [0.2, 0.25) is 0 Å². The Bertz CT molecular complexity index is 611. The molecule has 5 nitrogen and oxygen atoms in total. The SMILES string of the molecule is Cc1nc(C[C@H]2OC[C@H]3CN(Cc4cccs4)CC[C@H]32)n[nH]1. The second-order valence-corrected chi connectivity index (χ2v) is 7.47. The molecule has 0 saturated carbocycles. The number of thiophene rings is 1. The zero-order valence-electron chi connectivity index (χ0n) is 12.9. The van der Waals surface area contributed by atoms with Crippen LogP contribution >= 0.6 is 11.3 Å². The second kappa shape index (κ2) is 6.10. The average Bonchev–Trinajstić information content (AvgIpc) is 3.23. The number of H-pyrrole nitrogens is 1. The van der Waals surface area contributed by atoms with Crippen LogP contribution in [0.25, 0.3) is 0 Å². The maximum atomic E-state index is 6.08. The van der Waals surface area contributed by atoms with Gasteiger partial charge in [-0.05, 0) is 37.3 Å². The van der Waals surface area contributed by atoms with Crippen LogP contribution in [-0.2, 0) is 17.7 Å². The number of hydrogen-bond donors (Lipinski definition) is 1. The summed E-state index contributed by atoms with van der Waals surface area (Å²) in [6.45, 7) is 6.25. The van der Waals surface area contributed by atoms with Gasteiger partial charge in [-0.2, -0.15) is 5.10 Å². The molecule has 4 heterocycles. The number of aromatic nitrogens is 3. The molecule has 0 aromatic carbocycles. The van der Waals surface area contributed by atoms with E-state index >= 15 is 0 Å². The molecular formula is C16H22N4OS. The van der Waals surface area contributed by atoms with E-state index in [4.69, 9.17) is 4.74 Å². The minimum Gasteiger partial charge on any atom is -0.377 e. The Morgan fingerprint density at radius 2 is 2.45 bits per heavy atom. The van der Waals surface area contributed by atoms with Gasteiger partial charge in [-0.1, -0.05) is 6.07 Å². The Morgan fingerprint density at radius 1 is 1.50 bits per heavy atom. The molecular weight excluding hydrogens is 296 g/mol. The Morgan fingerprint density at radius 3 is 3.23 bits per heavy atom. The second-order valence-electron chi connectivity index (χ2n) is 6.44. The third-order valence-electron chi connectivity index (χ3n) is 4.87. The first-order valence-electron chi connectivity index (χ1n) is 8.02. The first-order chi connectivity index (χ1) is 10.8. The highest BCUT2D eigenvalue weighted by Crippen LogP contribution is 2.36. The summed E-state index contributed by atoms with van der Waals surface area (Å²) >= 11 is 1.85. The summed E-state index contributed by atoms with van der Waals surface area (Å²) in [5.41, 5.74) is 0. The molecule has 0 amide bonds. The van der Waals surface area contributed by atoms with Gasteiger partial charge in [0.25, 0.3) is 0 Å². The summed E-state index contributed by atoms with van der Waals surface area (Å²) in [7, 11) is 0. The number of aryl methyl sites for hydroxylation is 1. The lowest BCUT2D eigenvalue weighted by Gasteiger charge is -2.35. The molecule has 2 aliphatic rings. The van der Waals surface area contributed by atoms with Crippen LogP contribution in [-0.4, -0.2) is 45.9 Å². The van der Waals surface area contributed by atoms with Crippen LogP contribution < -0.4 is 0 Å². The van der Waals surface area contributed by atoms with Crippen molar-refractivity contribution < 1.29 is 4.74 Å². The van der Waals surface area contributed by atoms with Gasteiger partial charge in [0, 0.05) is 30.3 Å². The number of likely N-dealkylation sites (tertiary alicyclic amines) is 1. The third-order valence-corrected chi connectivity index (χ3v) is 5.73. The Kier molecular flexibility index (Phi) is 3.98. The van der Waals surface area contributed by atoms with E-state index in [2.05, 4.69) is 37.6 Å². The molecule has 2 aromatic rings. The predicted molar refractivity (Wildman–Crippen MR) is 85.8 cm³/mol. The number of nitrogens with zero attached hydrogens (tertiary/aromatic N) is 3. The Labute approximate surface area is 134 Å². The van der Waals surface area contributed by atoms with Crippen molar-refractivity contribution in [2.45, 2.75) is 32.4 Å². The number of nitrogens with one attached hydrogen (secondary N) is 1. The Hall–Kier alpha value is -1.24. The van der Waals surface area contributed by atoms with Crippen LogP contribution in [0.5, 0.6) is 0 Å². The molecule has 2 saturated heterocycles. The maximum absolute atomic E-state index is 6.08. The van der Waals surface area contributed by atoms with Crippen molar-refractivity contribution in [2.75, 3.05) is 19.7 Å². The zero-order chi connectivity index (χ0) is 14.9. The van der Waals surface area contributed by atoms with Crippen LogP contribution in [0.2, 0.25) is 0 Å². The van der Waals surface area contributed by atoms with E-state index in [1.54, 1.807) is 0 Å². The fourth-order valence-corrected chi connectivity index (χ4v) is 4.55. The molecule has 2 fully saturated rings. The van der Waals surface area contributed by atoms with Gasteiger partial charge < -0.3 is 4.74 Å². The monoisotopic (exact) mass is 318 g/mol. The van der Waals surface area contributed by atoms with Gasteiger partial charge >= 0.3 is 0 Å². The van der Waals surface area contributed by atoms with E-state index in [1.165, 1.54) is 17.8 Å². The van der Waals surface area contributed by atoms with Crippen molar-refractivity contribution in [1.29, 1.82) is 0 Å². The third kappa shape index (κ3) is 2.95. The number of aromatic amines is 1. The number of piperidine rings is 1. The first kappa shape index (κ1) is 14.4. The van der Waals surface area contributed by atoms with Crippen molar-refractivity contribution in [3.63, 3.8) is 0 Å². The number of rotatable bonds is 4. The van der Waals surface area contributed by atoms with Crippen LogP contribution in [0.15, 0.2) is 17.5 Å². The molecule has 0 unspecified atom stereocenters. The van der Waals surface area contributed by atoms with Gasteiger partial charge in [-0.3, -0.25) is 10.00 Å². The van der Waals surface area contributed by atoms with Gasteiger partial charge in [0.1, 0.15) is 5.82 Å². The quantitative estimate of drug-likeness (QED) is 0.939. The summed E-state index contributed by atoms with van der Waals surface area (Å²) in [5.74, 6) is 3.11. The topological polar surface area (TPSA) is 54.0 Å². The molecule has 0 radical (unpaired) electrons. The fourth-order valence-electron chi connectivity index (χ4n) is 3.80. The van der Waals surface area contributed by atoms with Crippen molar-refractivity contribution in [3.05, 3.63) is 34.0 Å². The van der Waals surface area contributed by atoms with E-state index in [1.807, 2.05) is 18.3 Å². The van der Waals surface area contributed by atoms with E-state index in [0.29, 0.717) is 17.9 Å². The molecule has 3 atom stereocenters. The summed E-state index contributed by atoms with van der Waals surface area (Å²) in [6.07, 6.45) is 2.37. The van der Waals surface area contributed by atoms with Gasteiger partial charge in [0.05, 0.1) is 12.7 Å². The summed E-state index contributed by atoms with van der Waals surface area (Å²) in [6, 6.07) is 4.37. The molecule has 22 heavy (non-hydrogen) atoms. The van der Waals surface area contributed by atoms with Gasteiger partial charge in [-0.15, -0.1) is 11.3 Å². The minimum absolute atomic E-state index is 0.295. The molecule has 1 N–H and O–H groups in total. The molecule has 4 rings (SSSR count). The lowest BCUT2D eigenvalue weighted by Crippen LogP contribution is -2.41. The van der Waals surface area contributed by atoms with E-state index in [0.717, 1.165) is 37.8 Å². The molecule has 118 valence electrons. The highest BCUT2D eigenvalue weighted by Gasteiger charge is 2.41.